The van der Waals surface area contributed by atoms with Gasteiger partial charge in [-0.2, -0.15) is 5.10 Å². The van der Waals surface area contributed by atoms with Crippen molar-refractivity contribution in [2.45, 2.75) is 18.5 Å². The zero-order valence-corrected chi connectivity index (χ0v) is 13.2. The zero-order chi connectivity index (χ0) is 16.1. The van der Waals surface area contributed by atoms with E-state index >= 15 is 0 Å². The number of carbonyl (C=O) groups is 2. The van der Waals surface area contributed by atoms with E-state index in [1.807, 2.05) is 54.2 Å². The first kappa shape index (κ1) is 14.0. The Labute approximate surface area is 134 Å². The minimum absolute atomic E-state index is 0.0234. The zero-order valence-electron chi connectivity index (χ0n) is 13.2. The third kappa shape index (κ3) is 2.15. The Kier molecular flexibility index (Phi) is 3.04. The average Bonchev–Trinajstić information content (AvgIpc) is 3.22. The number of amides is 2. The van der Waals surface area contributed by atoms with E-state index in [1.165, 1.54) is 0 Å². The molecule has 1 fully saturated rings. The molecular formula is C16H19N5O2. The van der Waals surface area contributed by atoms with Gasteiger partial charge in [0.25, 0.3) is 5.91 Å². The normalized spacial score (nSPS) is 23.1. The van der Waals surface area contributed by atoms with Crippen LogP contribution in [0.2, 0.25) is 0 Å². The van der Waals surface area contributed by atoms with E-state index in [0.29, 0.717) is 25.2 Å². The number of aromatic nitrogens is 3. The molecule has 0 bridgehead atoms. The van der Waals surface area contributed by atoms with Gasteiger partial charge in [0.15, 0.2) is 0 Å². The predicted molar refractivity (Wildman–Crippen MR) is 82.8 cm³/mol. The Bertz CT molecular complexity index is 777. The first-order valence-electron chi connectivity index (χ1n) is 7.75. The molecule has 0 unspecified atom stereocenters. The highest BCUT2D eigenvalue weighted by Crippen LogP contribution is 2.32. The lowest BCUT2D eigenvalue weighted by Gasteiger charge is -2.35. The Hall–Kier alpha value is -2.57. The van der Waals surface area contributed by atoms with Crippen LogP contribution in [0.1, 0.15) is 22.2 Å². The second kappa shape index (κ2) is 4.97. The SMILES string of the molecule is CN1C(=O)c2cccn2[C@@H]2CN(C(=O)Cc3ccn(C)n3)C[C@H]21. The van der Waals surface area contributed by atoms with Crippen LogP contribution in [-0.4, -0.2) is 62.1 Å². The van der Waals surface area contributed by atoms with Crippen LogP contribution >= 0.6 is 0 Å². The molecule has 2 aliphatic heterocycles. The van der Waals surface area contributed by atoms with Crippen LogP contribution in [0.25, 0.3) is 0 Å². The van der Waals surface area contributed by atoms with Crippen molar-refractivity contribution in [2.24, 2.45) is 7.05 Å². The van der Waals surface area contributed by atoms with Crippen molar-refractivity contribution >= 4 is 11.8 Å². The topological polar surface area (TPSA) is 63.4 Å². The maximum Gasteiger partial charge on any atom is 0.270 e. The number of likely N-dealkylation sites (tertiary alicyclic amines) is 1. The highest BCUT2D eigenvalue weighted by Gasteiger charge is 2.44. The van der Waals surface area contributed by atoms with Crippen LogP contribution in [0.15, 0.2) is 30.6 Å². The summed E-state index contributed by atoms with van der Waals surface area (Å²) in [6.07, 6.45) is 4.08. The van der Waals surface area contributed by atoms with Crippen LogP contribution in [0.5, 0.6) is 0 Å². The van der Waals surface area contributed by atoms with E-state index in [0.717, 1.165) is 5.69 Å². The smallest absolute Gasteiger partial charge is 0.270 e. The number of fused-ring (bicyclic) bond motifs is 3. The first-order chi connectivity index (χ1) is 11.0. The van der Waals surface area contributed by atoms with E-state index in [9.17, 15) is 9.59 Å². The lowest BCUT2D eigenvalue weighted by Crippen LogP contribution is -2.48. The summed E-state index contributed by atoms with van der Waals surface area (Å²) >= 11 is 0. The molecule has 7 nitrogen and oxygen atoms in total. The number of rotatable bonds is 2. The Balaban J connectivity index is 1.55. The highest BCUT2D eigenvalue weighted by atomic mass is 16.2. The van der Waals surface area contributed by atoms with Gasteiger partial charge < -0.3 is 14.4 Å². The van der Waals surface area contributed by atoms with Crippen molar-refractivity contribution < 1.29 is 9.59 Å². The van der Waals surface area contributed by atoms with Crippen molar-refractivity contribution in [3.05, 3.63) is 42.0 Å². The molecule has 120 valence electrons. The van der Waals surface area contributed by atoms with Gasteiger partial charge in [0, 0.05) is 39.6 Å². The van der Waals surface area contributed by atoms with E-state index in [1.54, 1.807) is 9.58 Å². The maximum absolute atomic E-state index is 12.6. The molecule has 2 aromatic rings. The fraction of sp³-hybridized carbons (Fsp3) is 0.438. The standard InChI is InChI=1S/C16H19N5O2/c1-18-7-5-11(17-18)8-15(22)20-9-13-14(10-20)21-6-3-4-12(21)16(23)19(13)2/h3-7,13-14H,8-10H2,1-2H3/t13-,14-/m1/s1. The highest BCUT2D eigenvalue weighted by molar-refractivity contribution is 5.94. The molecule has 1 saturated heterocycles. The van der Waals surface area contributed by atoms with Crippen LogP contribution in [0.3, 0.4) is 0 Å². The second-order valence-electron chi connectivity index (χ2n) is 6.31. The van der Waals surface area contributed by atoms with Gasteiger partial charge in [-0.25, -0.2) is 0 Å². The molecule has 0 radical (unpaired) electrons. The molecular weight excluding hydrogens is 294 g/mol. The van der Waals surface area contributed by atoms with Crippen LogP contribution in [0.4, 0.5) is 0 Å². The quantitative estimate of drug-likeness (QED) is 0.801. The molecule has 4 rings (SSSR count). The van der Waals surface area contributed by atoms with Crippen molar-refractivity contribution in [1.82, 2.24) is 24.1 Å². The van der Waals surface area contributed by atoms with E-state index in [4.69, 9.17) is 0 Å². The summed E-state index contributed by atoms with van der Waals surface area (Å²) < 4.78 is 3.71. The van der Waals surface area contributed by atoms with Gasteiger partial charge in [-0.1, -0.05) is 0 Å². The van der Waals surface area contributed by atoms with Crippen molar-refractivity contribution in [1.29, 1.82) is 0 Å². The third-order valence-corrected chi connectivity index (χ3v) is 4.89. The molecule has 2 atom stereocenters. The summed E-state index contributed by atoms with van der Waals surface area (Å²) in [5.74, 6) is 0.0860. The van der Waals surface area contributed by atoms with Crippen LogP contribution in [0, 0.1) is 0 Å². The summed E-state index contributed by atoms with van der Waals surface area (Å²) in [5.41, 5.74) is 1.48. The van der Waals surface area contributed by atoms with Crippen LogP contribution in [-0.2, 0) is 18.3 Å². The minimum atomic E-state index is 0.0234. The lowest BCUT2D eigenvalue weighted by molar-refractivity contribution is -0.129. The Morgan fingerprint density at radius 2 is 2.00 bits per heavy atom. The van der Waals surface area contributed by atoms with Gasteiger partial charge in [0.1, 0.15) is 5.69 Å². The summed E-state index contributed by atoms with van der Waals surface area (Å²) in [6, 6.07) is 5.76. The fourth-order valence-electron chi connectivity index (χ4n) is 3.65. The van der Waals surface area contributed by atoms with E-state index in [-0.39, 0.29) is 23.9 Å². The number of likely N-dealkylation sites (N-methyl/N-ethyl adjacent to an activating group) is 1. The molecule has 0 spiro atoms. The van der Waals surface area contributed by atoms with Crippen molar-refractivity contribution in [3.8, 4) is 0 Å². The lowest BCUT2D eigenvalue weighted by atomic mass is 10.1. The summed E-state index contributed by atoms with van der Waals surface area (Å²) in [4.78, 5) is 28.6. The molecule has 2 amide bonds. The average molecular weight is 313 g/mol. The van der Waals surface area contributed by atoms with Gasteiger partial charge in [0.2, 0.25) is 5.91 Å². The summed E-state index contributed by atoms with van der Waals surface area (Å²) in [5, 5.41) is 4.27. The van der Waals surface area contributed by atoms with Crippen LogP contribution < -0.4 is 0 Å². The molecule has 2 aromatic heterocycles. The first-order valence-corrected chi connectivity index (χ1v) is 7.75. The summed E-state index contributed by atoms with van der Waals surface area (Å²) in [7, 11) is 3.66. The molecule has 0 saturated carbocycles. The Morgan fingerprint density at radius 1 is 1.22 bits per heavy atom. The van der Waals surface area contributed by atoms with Gasteiger partial charge >= 0.3 is 0 Å². The number of hydrogen-bond acceptors (Lipinski definition) is 3. The molecule has 23 heavy (non-hydrogen) atoms. The predicted octanol–water partition coefficient (Wildman–Crippen LogP) is 0.302. The maximum atomic E-state index is 12.6. The fourth-order valence-corrected chi connectivity index (χ4v) is 3.65. The van der Waals surface area contributed by atoms with Crippen molar-refractivity contribution in [3.63, 3.8) is 0 Å². The van der Waals surface area contributed by atoms with Gasteiger partial charge in [-0.15, -0.1) is 0 Å². The van der Waals surface area contributed by atoms with Crippen molar-refractivity contribution in [2.75, 3.05) is 20.1 Å². The van der Waals surface area contributed by atoms with E-state index in [2.05, 4.69) is 5.10 Å². The Morgan fingerprint density at radius 3 is 2.74 bits per heavy atom. The molecule has 7 heteroatoms. The van der Waals surface area contributed by atoms with Gasteiger partial charge in [-0.05, 0) is 18.2 Å². The second-order valence-corrected chi connectivity index (χ2v) is 6.31. The van der Waals surface area contributed by atoms with E-state index < -0.39 is 0 Å². The molecule has 4 heterocycles. The molecule has 0 aliphatic carbocycles. The van der Waals surface area contributed by atoms with Gasteiger partial charge in [-0.3, -0.25) is 14.3 Å². The molecule has 0 N–H and O–H groups in total. The molecule has 0 aromatic carbocycles. The third-order valence-electron chi connectivity index (χ3n) is 4.89. The monoisotopic (exact) mass is 313 g/mol. The largest absolute Gasteiger partial charge is 0.338 e. The number of aryl methyl sites for hydroxylation is 1. The molecule has 2 aliphatic rings. The number of carbonyl (C=O) groups excluding carboxylic acids is 2. The number of hydrogen-bond donors (Lipinski definition) is 0. The van der Waals surface area contributed by atoms with Gasteiger partial charge in [0.05, 0.1) is 24.2 Å². The summed E-state index contributed by atoms with van der Waals surface area (Å²) in [6.45, 7) is 1.21. The minimum Gasteiger partial charge on any atom is -0.338 e. The number of nitrogens with zero attached hydrogens (tertiary/aromatic N) is 5.